The number of carbonyl (C=O) groups excluding carboxylic acids is 3. The summed E-state index contributed by atoms with van der Waals surface area (Å²) in [5.74, 6) is -0.383. The van der Waals surface area contributed by atoms with Gasteiger partial charge in [0, 0.05) is 50.1 Å². The highest BCUT2D eigenvalue weighted by molar-refractivity contribution is 5.99. The lowest BCUT2D eigenvalue weighted by atomic mass is 10.0. The van der Waals surface area contributed by atoms with Crippen molar-refractivity contribution >= 4 is 29.3 Å². The van der Waals surface area contributed by atoms with Crippen molar-refractivity contribution in [2.45, 2.75) is 84.3 Å². The predicted octanol–water partition coefficient (Wildman–Crippen LogP) is 6.19. The molecule has 0 bridgehead atoms. The summed E-state index contributed by atoms with van der Waals surface area (Å²) in [6.07, 6.45) is -3.08. The topological polar surface area (TPSA) is 132 Å². The van der Waals surface area contributed by atoms with E-state index in [0.717, 1.165) is 25.0 Å². The molecule has 5 amide bonds. The van der Waals surface area contributed by atoms with Crippen LogP contribution in [0.3, 0.4) is 0 Å². The molecule has 1 aliphatic rings. The van der Waals surface area contributed by atoms with E-state index in [1.807, 2.05) is 27.7 Å². The molecule has 4 atom stereocenters. The van der Waals surface area contributed by atoms with Gasteiger partial charge in [-0.15, -0.1) is 0 Å². The number of amides is 5. The zero-order valence-electron chi connectivity index (χ0n) is 28.4. The Balaban J connectivity index is 1.86. The van der Waals surface area contributed by atoms with Gasteiger partial charge in [0.2, 0.25) is 0 Å². The molecule has 0 fully saturated rings. The van der Waals surface area contributed by atoms with E-state index in [1.54, 1.807) is 32.2 Å². The van der Waals surface area contributed by atoms with Gasteiger partial charge in [0.25, 0.3) is 5.91 Å². The van der Waals surface area contributed by atoms with Gasteiger partial charge in [-0.05, 0) is 89.4 Å². The van der Waals surface area contributed by atoms with Gasteiger partial charge in [0.05, 0.1) is 36.0 Å². The van der Waals surface area contributed by atoms with Crippen molar-refractivity contribution in [3.63, 3.8) is 0 Å². The number of rotatable bonds is 7. The highest BCUT2D eigenvalue weighted by Crippen LogP contribution is 2.30. The first-order valence-electron chi connectivity index (χ1n) is 16.2. The van der Waals surface area contributed by atoms with E-state index in [2.05, 4.69) is 16.0 Å². The summed E-state index contributed by atoms with van der Waals surface area (Å²) in [7, 11) is 1.55. The molecule has 1 heterocycles. The van der Waals surface area contributed by atoms with E-state index in [4.69, 9.17) is 9.47 Å². The number of urea groups is 2. The van der Waals surface area contributed by atoms with Crippen LogP contribution < -0.4 is 20.7 Å². The van der Waals surface area contributed by atoms with Crippen molar-refractivity contribution in [3.8, 4) is 5.75 Å². The second-order valence-electron chi connectivity index (χ2n) is 12.6. The van der Waals surface area contributed by atoms with Gasteiger partial charge >= 0.3 is 18.2 Å². The zero-order chi connectivity index (χ0) is 35.6. The minimum atomic E-state index is -4.49. The lowest BCUT2D eigenvalue weighted by Crippen LogP contribution is -2.48. The summed E-state index contributed by atoms with van der Waals surface area (Å²) in [5.41, 5.74) is 0.00189. The van der Waals surface area contributed by atoms with Crippen LogP contribution in [0.25, 0.3) is 0 Å². The Bertz CT molecular complexity index is 1370. The standard InChI is InChI=1S/C34H48F3N5O6/c1-21(2)38-32(45)39-27-14-15-29-28(17-27)31(44)42(23(4)20-43)18-22(3)30(47-16-8-7-9-24(5)48-29)19-41(6)33(46)40-26-12-10-25(11-13-26)34(35,36)37/h10-15,17,21-24,30,43H,7-9,16,18-20H2,1-6H3,(H,40,46)(H2,38,39,45)/t22-,23+,24-,30-/m1/s1. The number of alkyl halides is 3. The third-order valence-corrected chi connectivity index (χ3v) is 7.99. The normalized spacial score (nSPS) is 20.2. The van der Waals surface area contributed by atoms with Crippen molar-refractivity contribution in [1.82, 2.24) is 15.1 Å². The Kier molecular flexibility index (Phi) is 13.9. The fourth-order valence-corrected chi connectivity index (χ4v) is 5.21. The molecule has 266 valence electrons. The van der Waals surface area contributed by atoms with Crippen molar-refractivity contribution in [2.75, 3.05) is 44.0 Å². The highest BCUT2D eigenvalue weighted by Gasteiger charge is 2.32. The van der Waals surface area contributed by atoms with E-state index in [9.17, 15) is 32.7 Å². The smallest absolute Gasteiger partial charge is 0.416 e. The zero-order valence-corrected chi connectivity index (χ0v) is 28.4. The molecule has 3 rings (SSSR count). The summed E-state index contributed by atoms with van der Waals surface area (Å²) in [6.45, 7) is 9.52. The van der Waals surface area contributed by atoms with Crippen LogP contribution in [0.1, 0.15) is 69.8 Å². The number of carbonyl (C=O) groups is 3. The van der Waals surface area contributed by atoms with Crippen LogP contribution in [0.15, 0.2) is 42.5 Å². The molecule has 11 nitrogen and oxygen atoms in total. The Morgan fingerprint density at radius 2 is 1.71 bits per heavy atom. The molecule has 2 aromatic rings. The Morgan fingerprint density at radius 3 is 2.33 bits per heavy atom. The number of nitrogens with one attached hydrogen (secondary N) is 3. The molecule has 14 heteroatoms. The van der Waals surface area contributed by atoms with E-state index < -0.39 is 41.9 Å². The van der Waals surface area contributed by atoms with Crippen molar-refractivity contribution in [3.05, 3.63) is 53.6 Å². The minimum Gasteiger partial charge on any atom is -0.490 e. The van der Waals surface area contributed by atoms with Crippen LogP contribution in [-0.2, 0) is 10.9 Å². The van der Waals surface area contributed by atoms with Crippen LogP contribution in [-0.4, -0.2) is 90.5 Å². The number of likely N-dealkylation sites (N-methyl/N-ethyl adjacent to an activating group) is 1. The SMILES string of the molecule is CC(C)NC(=O)Nc1ccc2c(c1)C(=O)N([C@@H](C)CO)C[C@@H](C)[C@@H](CN(C)C(=O)Nc1ccc(C(F)(F)F)cc1)OCCCC[C@@H](C)O2. The van der Waals surface area contributed by atoms with Crippen LogP contribution in [0, 0.1) is 5.92 Å². The van der Waals surface area contributed by atoms with E-state index in [1.165, 1.54) is 21.9 Å². The van der Waals surface area contributed by atoms with E-state index in [-0.39, 0.29) is 49.0 Å². The summed E-state index contributed by atoms with van der Waals surface area (Å²) >= 11 is 0. The quantitative estimate of drug-likeness (QED) is 0.276. The minimum absolute atomic E-state index is 0.0967. The number of hydrogen-bond acceptors (Lipinski definition) is 6. The first-order chi connectivity index (χ1) is 22.6. The first kappa shape index (κ1) is 38.4. The number of benzene rings is 2. The summed E-state index contributed by atoms with van der Waals surface area (Å²) in [6, 6.07) is 7.40. The number of hydrogen-bond donors (Lipinski definition) is 4. The van der Waals surface area contributed by atoms with Gasteiger partial charge in [-0.3, -0.25) is 4.79 Å². The number of halogens is 3. The lowest BCUT2D eigenvalue weighted by molar-refractivity contribution is -0.137. The summed E-state index contributed by atoms with van der Waals surface area (Å²) in [4.78, 5) is 42.6. The van der Waals surface area contributed by atoms with Crippen molar-refractivity contribution in [1.29, 1.82) is 0 Å². The predicted molar refractivity (Wildman–Crippen MR) is 177 cm³/mol. The molecular weight excluding hydrogens is 631 g/mol. The van der Waals surface area contributed by atoms with Gasteiger partial charge < -0.3 is 40.3 Å². The molecule has 4 N–H and O–H groups in total. The number of ether oxygens (including phenoxy) is 2. The highest BCUT2D eigenvalue weighted by atomic mass is 19.4. The number of aliphatic hydroxyl groups is 1. The number of anilines is 2. The van der Waals surface area contributed by atoms with Crippen molar-refractivity contribution < 1.29 is 42.1 Å². The molecule has 1 aliphatic heterocycles. The average molecular weight is 680 g/mol. The Hall–Kier alpha value is -4.04. The Morgan fingerprint density at radius 1 is 1.04 bits per heavy atom. The number of aliphatic hydroxyl groups excluding tert-OH is 1. The molecule has 0 saturated heterocycles. The van der Waals surface area contributed by atoms with Crippen LogP contribution in [0.4, 0.5) is 34.1 Å². The summed E-state index contributed by atoms with van der Waals surface area (Å²) in [5, 5.41) is 18.3. The molecule has 2 aromatic carbocycles. The van der Waals surface area contributed by atoms with Crippen molar-refractivity contribution in [2.24, 2.45) is 5.92 Å². The molecule has 0 radical (unpaired) electrons. The lowest BCUT2D eigenvalue weighted by Gasteiger charge is -2.35. The third kappa shape index (κ3) is 11.3. The fourth-order valence-electron chi connectivity index (χ4n) is 5.21. The fraction of sp³-hybridized carbons (Fsp3) is 0.559. The van der Waals surface area contributed by atoms with E-state index in [0.29, 0.717) is 24.5 Å². The maximum absolute atomic E-state index is 14.2. The monoisotopic (exact) mass is 679 g/mol. The first-order valence-corrected chi connectivity index (χ1v) is 16.2. The van der Waals surface area contributed by atoms with Gasteiger partial charge in [-0.2, -0.15) is 13.2 Å². The van der Waals surface area contributed by atoms with Gasteiger partial charge in [-0.1, -0.05) is 6.92 Å². The molecule has 0 aromatic heterocycles. The molecule has 48 heavy (non-hydrogen) atoms. The second kappa shape index (κ2) is 17.4. The molecule has 0 spiro atoms. The van der Waals surface area contributed by atoms with Gasteiger partial charge in [0.1, 0.15) is 5.75 Å². The maximum Gasteiger partial charge on any atom is 0.416 e. The van der Waals surface area contributed by atoms with Gasteiger partial charge in [-0.25, -0.2) is 9.59 Å². The van der Waals surface area contributed by atoms with Crippen LogP contribution in [0.2, 0.25) is 0 Å². The molecule has 0 unspecified atom stereocenters. The molecule has 0 aliphatic carbocycles. The molecule has 0 saturated carbocycles. The van der Waals surface area contributed by atoms with E-state index >= 15 is 0 Å². The maximum atomic E-state index is 14.2. The average Bonchev–Trinajstić information content (AvgIpc) is 3.01. The third-order valence-electron chi connectivity index (χ3n) is 7.99. The second-order valence-corrected chi connectivity index (χ2v) is 12.6. The van der Waals surface area contributed by atoms with Gasteiger partial charge in [0.15, 0.2) is 0 Å². The summed E-state index contributed by atoms with van der Waals surface area (Å²) < 4.78 is 51.4. The number of nitrogens with zero attached hydrogens (tertiary/aromatic N) is 2. The van der Waals surface area contributed by atoms with Crippen LogP contribution in [0.5, 0.6) is 5.75 Å². The molecular formula is C34H48F3N5O6. The van der Waals surface area contributed by atoms with Crippen LogP contribution >= 0.6 is 0 Å². The largest absolute Gasteiger partial charge is 0.490 e. The Labute approximate surface area is 280 Å². The number of fused-ring (bicyclic) bond motifs is 1.